The van der Waals surface area contributed by atoms with Gasteiger partial charge in [0.25, 0.3) is 5.56 Å². The summed E-state index contributed by atoms with van der Waals surface area (Å²) in [5, 5.41) is 0. The molecule has 0 saturated carbocycles. The molecule has 0 aromatic carbocycles. The summed E-state index contributed by atoms with van der Waals surface area (Å²) in [5.41, 5.74) is -0.297. The van der Waals surface area contributed by atoms with Crippen molar-refractivity contribution in [3.05, 3.63) is 32.5 Å². The second kappa shape index (κ2) is 4.75. The van der Waals surface area contributed by atoms with Crippen molar-refractivity contribution >= 4 is 11.5 Å². The van der Waals surface area contributed by atoms with Crippen LogP contribution in [0, 0.1) is 0 Å². The lowest BCUT2D eigenvalue weighted by Gasteiger charge is -2.06. The average Bonchev–Trinajstić information content (AvgIpc) is 2.78. The number of ether oxygens (including phenoxy) is 2. The van der Waals surface area contributed by atoms with E-state index in [-0.39, 0.29) is 24.7 Å². The third-order valence-electron chi connectivity index (χ3n) is 2.88. The molecular weight excluding hydrogens is 252 g/mol. The molecule has 0 N–H and O–H groups in total. The largest absolute Gasteiger partial charge is 0.473 e. The lowest BCUT2D eigenvalue weighted by molar-refractivity contribution is -0.137. The Labute approximate surface area is 108 Å². The Bertz CT molecular complexity index is 681. The van der Waals surface area contributed by atoms with E-state index >= 15 is 0 Å². The zero-order chi connectivity index (χ0) is 14.2. The predicted molar refractivity (Wildman–Crippen MR) is 67.0 cm³/mol. The monoisotopic (exact) mass is 266 g/mol. The fraction of sp³-hybridized carbons (Fsp3) is 0.417. The first-order valence-corrected chi connectivity index (χ1v) is 5.77. The van der Waals surface area contributed by atoms with Gasteiger partial charge >= 0.3 is 11.7 Å². The van der Waals surface area contributed by atoms with Crippen LogP contribution in [-0.2, 0) is 23.6 Å². The molecule has 1 aromatic heterocycles. The third kappa shape index (κ3) is 2.07. The topological polar surface area (TPSA) is 79.5 Å². The molecule has 102 valence electrons. The second-order valence-corrected chi connectivity index (χ2v) is 4.10. The Hall–Kier alpha value is -2.31. The number of carbonyl (C=O) groups is 1. The SMILES string of the molecule is CCOC(=O)C=C1COc2c1c(=O)n(C)c(=O)n2C. The van der Waals surface area contributed by atoms with Gasteiger partial charge in [-0.15, -0.1) is 0 Å². The number of esters is 1. The van der Waals surface area contributed by atoms with Crippen molar-refractivity contribution in [2.75, 3.05) is 13.2 Å². The highest BCUT2D eigenvalue weighted by Gasteiger charge is 2.27. The molecule has 7 heteroatoms. The van der Waals surface area contributed by atoms with E-state index in [9.17, 15) is 14.4 Å². The van der Waals surface area contributed by atoms with Crippen molar-refractivity contribution in [3.8, 4) is 5.88 Å². The molecule has 0 fully saturated rings. The number of nitrogens with zero attached hydrogens (tertiary/aromatic N) is 2. The molecule has 2 rings (SSSR count). The lowest BCUT2D eigenvalue weighted by Crippen LogP contribution is -2.38. The molecule has 0 amide bonds. The van der Waals surface area contributed by atoms with Gasteiger partial charge < -0.3 is 9.47 Å². The molecule has 0 aliphatic carbocycles. The Morgan fingerprint density at radius 1 is 1.37 bits per heavy atom. The molecule has 0 spiro atoms. The van der Waals surface area contributed by atoms with Gasteiger partial charge in [-0.2, -0.15) is 0 Å². The van der Waals surface area contributed by atoms with Crippen LogP contribution in [0.15, 0.2) is 15.7 Å². The Morgan fingerprint density at radius 2 is 2.05 bits per heavy atom. The first kappa shape index (κ1) is 13.1. The Morgan fingerprint density at radius 3 is 2.68 bits per heavy atom. The fourth-order valence-corrected chi connectivity index (χ4v) is 1.93. The Balaban J connectivity index is 2.61. The van der Waals surface area contributed by atoms with Gasteiger partial charge in [-0.1, -0.05) is 0 Å². The highest BCUT2D eigenvalue weighted by atomic mass is 16.5. The Kier molecular flexibility index (Phi) is 3.28. The minimum Gasteiger partial charge on any atom is -0.473 e. The minimum absolute atomic E-state index is 0.0701. The summed E-state index contributed by atoms with van der Waals surface area (Å²) < 4.78 is 12.3. The van der Waals surface area contributed by atoms with E-state index in [1.165, 1.54) is 24.7 Å². The highest BCUT2D eigenvalue weighted by molar-refractivity contribution is 5.93. The normalized spacial score (nSPS) is 15.2. The van der Waals surface area contributed by atoms with Crippen LogP contribution in [0.1, 0.15) is 12.5 Å². The van der Waals surface area contributed by atoms with Crippen molar-refractivity contribution in [1.82, 2.24) is 9.13 Å². The molecule has 0 unspecified atom stereocenters. The summed E-state index contributed by atoms with van der Waals surface area (Å²) in [7, 11) is 2.89. The summed E-state index contributed by atoms with van der Waals surface area (Å²) >= 11 is 0. The standard InChI is InChI=1S/C12H14N2O5/c1-4-18-8(15)5-7-6-19-11-9(7)10(16)13(2)12(17)14(11)3/h5H,4,6H2,1-3H3. The number of hydrogen-bond donors (Lipinski definition) is 0. The summed E-state index contributed by atoms with van der Waals surface area (Å²) in [6, 6.07) is 0. The number of aromatic nitrogens is 2. The van der Waals surface area contributed by atoms with Gasteiger partial charge in [0.1, 0.15) is 12.2 Å². The van der Waals surface area contributed by atoms with Crippen molar-refractivity contribution in [3.63, 3.8) is 0 Å². The van der Waals surface area contributed by atoms with E-state index in [2.05, 4.69) is 0 Å². The van der Waals surface area contributed by atoms with Gasteiger partial charge in [0, 0.05) is 25.7 Å². The molecule has 0 radical (unpaired) electrons. The molecular formula is C12H14N2O5. The van der Waals surface area contributed by atoms with Gasteiger partial charge in [-0.3, -0.25) is 13.9 Å². The summed E-state index contributed by atoms with van der Waals surface area (Å²) in [6.45, 7) is 2.01. The van der Waals surface area contributed by atoms with E-state index in [1.54, 1.807) is 6.92 Å². The van der Waals surface area contributed by atoms with Crippen LogP contribution in [0.3, 0.4) is 0 Å². The number of fused-ring (bicyclic) bond motifs is 1. The van der Waals surface area contributed by atoms with E-state index in [0.717, 1.165) is 4.57 Å². The summed E-state index contributed by atoms with van der Waals surface area (Å²) in [4.78, 5) is 35.2. The van der Waals surface area contributed by atoms with Crippen LogP contribution in [0.25, 0.3) is 5.57 Å². The molecule has 2 heterocycles. The molecule has 0 atom stereocenters. The highest BCUT2D eigenvalue weighted by Crippen LogP contribution is 2.28. The van der Waals surface area contributed by atoms with Crippen LogP contribution in [0.2, 0.25) is 0 Å². The number of rotatable bonds is 2. The number of carbonyl (C=O) groups excluding carboxylic acids is 1. The van der Waals surface area contributed by atoms with E-state index in [1.807, 2.05) is 0 Å². The number of hydrogen-bond acceptors (Lipinski definition) is 5. The quantitative estimate of drug-likeness (QED) is 0.528. The van der Waals surface area contributed by atoms with E-state index in [4.69, 9.17) is 9.47 Å². The van der Waals surface area contributed by atoms with Gasteiger partial charge in [0.05, 0.1) is 6.61 Å². The van der Waals surface area contributed by atoms with Crippen LogP contribution in [0.4, 0.5) is 0 Å². The van der Waals surface area contributed by atoms with Crippen LogP contribution in [0.5, 0.6) is 5.88 Å². The minimum atomic E-state index is -0.537. The molecule has 1 aliphatic heterocycles. The zero-order valence-corrected chi connectivity index (χ0v) is 10.9. The van der Waals surface area contributed by atoms with Crippen LogP contribution in [-0.4, -0.2) is 28.3 Å². The molecule has 7 nitrogen and oxygen atoms in total. The lowest BCUT2D eigenvalue weighted by atomic mass is 10.1. The fourth-order valence-electron chi connectivity index (χ4n) is 1.93. The summed E-state index contributed by atoms with van der Waals surface area (Å²) in [6.07, 6.45) is 1.22. The average molecular weight is 266 g/mol. The van der Waals surface area contributed by atoms with Crippen molar-refractivity contribution in [2.45, 2.75) is 6.92 Å². The first-order chi connectivity index (χ1) is 8.97. The van der Waals surface area contributed by atoms with Crippen LogP contribution < -0.4 is 16.0 Å². The maximum atomic E-state index is 12.1. The van der Waals surface area contributed by atoms with Crippen LogP contribution >= 0.6 is 0 Å². The maximum Gasteiger partial charge on any atom is 0.333 e. The van der Waals surface area contributed by atoms with Crippen molar-refractivity contribution in [2.24, 2.45) is 14.1 Å². The van der Waals surface area contributed by atoms with Gasteiger partial charge in [0.15, 0.2) is 0 Å². The first-order valence-electron chi connectivity index (χ1n) is 5.77. The molecule has 1 aliphatic rings. The maximum absolute atomic E-state index is 12.1. The summed E-state index contributed by atoms with van der Waals surface area (Å²) in [5.74, 6) is -0.353. The molecule has 0 bridgehead atoms. The predicted octanol–water partition coefficient (Wildman–Crippen LogP) is -0.577. The zero-order valence-electron chi connectivity index (χ0n) is 10.9. The molecule has 1 aromatic rings. The third-order valence-corrected chi connectivity index (χ3v) is 2.88. The molecule has 0 saturated heterocycles. The van der Waals surface area contributed by atoms with Crippen molar-refractivity contribution < 1.29 is 14.3 Å². The van der Waals surface area contributed by atoms with Gasteiger partial charge in [-0.25, -0.2) is 9.59 Å². The van der Waals surface area contributed by atoms with Crippen molar-refractivity contribution in [1.29, 1.82) is 0 Å². The second-order valence-electron chi connectivity index (χ2n) is 4.10. The van der Waals surface area contributed by atoms with E-state index in [0.29, 0.717) is 5.57 Å². The van der Waals surface area contributed by atoms with Gasteiger partial charge in [0.2, 0.25) is 5.88 Å². The van der Waals surface area contributed by atoms with Gasteiger partial charge in [-0.05, 0) is 6.92 Å². The molecule has 19 heavy (non-hydrogen) atoms. The van der Waals surface area contributed by atoms with E-state index < -0.39 is 17.2 Å². The smallest absolute Gasteiger partial charge is 0.333 e.